The molecule has 1 nitrogen and oxygen atoms in total. The molecule has 0 amide bonds. The number of alkyl halides is 3. The van der Waals surface area contributed by atoms with Crippen LogP contribution in [0.4, 0.5) is 22.0 Å². The molecule has 3 fully saturated rings. The van der Waals surface area contributed by atoms with Gasteiger partial charge in [-0.1, -0.05) is 19.8 Å². The average Bonchev–Trinajstić information content (AvgIpc) is 2.61. The second-order valence-electron chi connectivity index (χ2n) is 9.04. The van der Waals surface area contributed by atoms with E-state index in [0.717, 1.165) is 12.3 Å². The van der Waals surface area contributed by atoms with Crippen LogP contribution in [0.1, 0.15) is 64.7 Å². The number of hydrogen-bond donors (Lipinski definition) is 0. The minimum absolute atomic E-state index is 0.0104. The molecule has 0 saturated heterocycles. The fraction of sp³-hybridized carbons (Fsp3) is 0.905. The van der Waals surface area contributed by atoms with Gasteiger partial charge < -0.3 is 4.74 Å². The van der Waals surface area contributed by atoms with Crippen molar-refractivity contribution < 1.29 is 26.7 Å². The van der Waals surface area contributed by atoms with Crippen molar-refractivity contribution in [2.24, 2.45) is 29.6 Å². The lowest BCUT2D eigenvalue weighted by atomic mass is 9.64. The Kier molecular flexibility index (Phi) is 7.07. The molecule has 27 heavy (non-hydrogen) atoms. The van der Waals surface area contributed by atoms with Crippen molar-refractivity contribution in [2.75, 3.05) is 0 Å². The molecule has 0 bridgehead atoms. The van der Waals surface area contributed by atoms with Crippen LogP contribution in [-0.4, -0.2) is 24.6 Å². The highest BCUT2D eigenvalue weighted by Crippen LogP contribution is 2.47. The molecule has 0 N–H and O–H groups in total. The van der Waals surface area contributed by atoms with Crippen molar-refractivity contribution >= 4 is 0 Å². The summed E-state index contributed by atoms with van der Waals surface area (Å²) in [5.74, 6) is 1.05. The van der Waals surface area contributed by atoms with E-state index in [4.69, 9.17) is 0 Å². The van der Waals surface area contributed by atoms with Gasteiger partial charge in [-0.25, -0.2) is 13.2 Å². The van der Waals surface area contributed by atoms with Gasteiger partial charge in [0.15, 0.2) is 6.10 Å². The summed E-state index contributed by atoms with van der Waals surface area (Å²) in [6.45, 7) is 2.27. The van der Waals surface area contributed by atoms with Crippen molar-refractivity contribution in [3.63, 3.8) is 0 Å². The summed E-state index contributed by atoms with van der Waals surface area (Å²) in [5, 5.41) is 0. The third-order valence-corrected chi connectivity index (χ3v) is 7.28. The number of ether oxygens (including phenoxy) is 1. The van der Waals surface area contributed by atoms with E-state index in [2.05, 4.69) is 11.7 Å². The van der Waals surface area contributed by atoms with Crippen LogP contribution < -0.4 is 0 Å². The molecule has 3 saturated carbocycles. The summed E-state index contributed by atoms with van der Waals surface area (Å²) in [4.78, 5) is 0. The summed E-state index contributed by atoms with van der Waals surface area (Å²) >= 11 is 0. The first-order valence-electron chi connectivity index (χ1n) is 10.4. The predicted molar refractivity (Wildman–Crippen MR) is 94.5 cm³/mol. The molecular formula is C21H31F5O. The smallest absolute Gasteiger partial charge is 0.304 e. The summed E-state index contributed by atoms with van der Waals surface area (Å²) in [5.41, 5.74) is 0. The number of rotatable bonds is 4. The molecule has 3 rings (SSSR count). The van der Waals surface area contributed by atoms with E-state index in [1.165, 1.54) is 25.7 Å². The molecule has 0 radical (unpaired) electrons. The Morgan fingerprint density at radius 2 is 1.30 bits per heavy atom. The fourth-order valence-corrected chi connectivity index (χ4v) is 5.71. The third-order valence-electron chi connectivity index (χ3n) is 7.28. The van der Waals surface area contributed by atoms with Gasteiger partial charge in [-0.2, -0.15) is 8.78 Å². The molecule has 0 aromatic heterocycles. The molecule has 156 valence electrons. The summed E-state index contributed by atoms with van der Waals surface area (Å²) in [6, 6.07) is 0. The summed E-state index contributed by atoms with van der Waals surface area (Å²) in [7, 11) is 0. The van der Waals surface area contributed by atoms with Gasteiger partial charge in [-0.3, -0.25) is 0 Å². The Hall–Kier alpha value is -0.810. The van der Waals surface area contributed by atoms with Gasteiger partial charge in [-0.05, 0) is 74.5 Å². The zero-order chi connectivity index (χ0) is 19.6. The Balaban J connectivity index is 1.53. The van der Waals surface area contributed by atoms with Gasteiger partial charge in [0.2, 0.25) is 0 Å². The molecule has 3 aliphatic carbocycles. The van der Waals surface area contributed by atoms with E-state index in [0.29, 0.717) is 24.7 Å². The van der Waals surface area contributed by atoms with Crippen molar-refractivity contribution in [3.8, 4) is 0 Å². The zero-order valence-corrected chi connectivity index (χ0v) is 15.9. The maximum Gasteiger partial charge on any atom is 0.304 e. The second kappa shape index (κ2) is 9.13. The first kappa shape index (κ1) is 20.9. The highest BCUT2D eigenvalue weighted by Gasteiger charge is 2.46. The highest BCUT2D eigenvalue weighted by atomic mass is 19.3. The largest absolute Gasteiger partial charge is 0.486 e. The topological polar surface area (TPSA) is 9.23 Å². The van der Waals surface area contributed by atoms with Gasteiger partial charge in [0.05, 0.1) is 0 Å². The molecule has 0 aliphatic heterocycles. The summed E-state index contributed by atoms with van der Waals surface area (Å²) < 4.78 is 72.4. The van der Waals surface area contributed by atoms with Crippen LogP contribution in [0, 0.1) is 29.6 Å². The fourth-order valence-electron chi connectivity index (χ4n) is 5.71. The lowest BCUT2D eigenvalue weighted by Gasteiger charge is -2.44. The minimum Gasteiger partial charge on any atom is -0.486 e. The quantitative estimate of drug-likeness (QED) is 0.377. The van der Waals surface area contributed by atoms with Gasteiger partial charge in [0.25, 0.3) is 0 Å². The average molecular weight is 394 g/mol. The lowest BCUT2D eigenvalue weighted by molar-refractivity contribution is -0.0691. The summed E-state index contributed by atoms with van der Waals surface area (Å²) in [6.07, 6.45) is -1.04. The van der Waals surface area contributed by atoms with Crippen LogP contribution in [0.5, 0.6) is 0 Å². The molecule has 0 heterocycles. The van der Waals surface area contributed by atoms with Crippen molar-refractivity contribution in [1.29, 1.82) is 0 Å². The minimum atomic E-state index is -2.12. The van der Waals surface area contributed by atoms with E-state index < -0.39 is 30.7 Å². The molecule has 0 spiro atoms. The van der Waals surface area contributed by atoms with Crippen LogP contribution in [0.2, 0.25) is 0 Å². The molecule has 0 aromatic rings. The van der Waals surface area contributed by atoms with Gasteiger partial charge in [-0.15, -0.1) is 0 Å². The van der Waals surface area contributed by atoms with Crippen LogP contribution in [0.3, 0.4) is 0 Å². The van der Waals surface area contributed by atoms with Crippen LogP contribution in [0.15, 0.2) is 12.3 Å². The van der Waals surface area contributed by atoms with Crippen molar-refractivity contribution in [3.05, 3.63) is 12.3 Å². The predicted octanol–water partition coefficient (Wildman–Crippen LogP) is 6.78. The van der Waals surface area contributed by atoms with Crippen molar-refractivity contribution in [2.45, 2.75) is 89.3 Å². The van der Waals surface area contributed by atoms with Crippen LogP contribution in [0.25, 0.3) is 0 Å². The van der Waals surface area contributed by atoms with Gasteiger partial charge in [0, 0.05) is 0 Å². The van der Waals surface area contributed by atoms with E-state index >= 15 is 0 Å². The Morgan fingerprint density at radius 3 is 1.85 bits per heavy atom. The number of hydrogen-bond acceptors (Lipinski definition) is 1. The third kappa shape index (κ3) is 5.17. The van der Waals surface area contributed by atoms with Crippen LogP contribution in [-0.2, 0) is 4.74 Å². The normalized spacial score (nSPS) is 45.9. The Morgan fingerprint density at radius 1 is 0.741 bits per heavy atom. The molecule has 4 unspecified atom stereocenters. The first-order valence-corrected chi connectivity index (χ1v) is 10.4. The van der Waals surface area contributed by atoms with E-state index in [1.807, 2.05) is 0 Å². The molecular weight excluding hydrogens is 363 g/mol. The van der Waals surface area contributed by atoms with E-state index in [9.17, 15) is 22.0 Å². The standard InChI is InChI=1S/C21H31F5O/c1-12-2-4-13(5-3-12)14-6-7-16(17(22)8-14)15-9-18(23)21(19(24)10-15)27-11-20(25)26/h11-19,21H,2-10H2,1H3/t12?,13?,14-,15?,16?,17?,18?,19?,21?/m1/s1. The van der Waals surface area contributed by atoms with Gasteiger partial charge in [0.1, 0.15) is 24.8 Å². The monoisotopic (exact) mass is 394 g/mol. The maximum absolute atomic E-state index is 14.9. The Labute approximate surface area is 158 Å². The zero-order valence-electron chi connectivity index (χ0n) is 15.9. The SMILES string of the molecule is CC1CCC([C@@H]2CCC(C3CC(F)C(OC=C(F)F)C(F)C3)C(F)C2)CC1. The molecule has 0 aromatic carbocycles. The number of halogens is 5. The highest BCUT2D eigenvalue weighted by molar-refractivity contribution is 4.95. The molecule has 6 heteroatoms. The molecule has 5 atom stereocenters. The van der Waals surface area contributed by atoms with E-state index in [1.54, 1.807) is 0 Å². The second-order valence-corrected chi connectivity index (χ2v) is 9.04. The lowest BCUT2D eigenvalue weighted by Crippen LogP contribution is -2.45. The van der Waals surface area contributed by atoms with E-state index in [-0.39, 0.29) is 30.9 Å². The van der Waals surface area contributed by atoms with Crippen LogP contribution >= 0.6 is 0 Å². The Bertz CT molecular complexity index is 489. The first-order chi connectivity index (χ1) is 12.8. The maximum atomic E-state index is 14.9. The molecule has 3 aliphatic rings. The van der Waals surface area contributed by atoms with Gasteiger partial charge >= 0.3 is 6.08 Å². The van der Waals surface area contributed by atoms with Crippen molar-refractivity contribution in [1.82, 2.24) is 0 Å².